The van der Waals surface area contributed by atoms with Crippen molar-refractivity contribution in [3.63, 3.8) is 0 Å². The molecule has 1 aromatic rings. The van der Waals surface area contributed by atoms with Gasteiger partial charge in [-0.05, 0) is 62.1 Å². The Bertz CT molecular complexity index is 1350. The van der Waals surface area contributed by atoms with Crippen LogP contribution in [0.15, 0.2) is 53.0 Å². The van der Waals surface area contributed by atoms with E-state index in [0.29, 0.717) is 17.4 Å². The third kappa shape index (κ3) is 7.13. The summed E-state index contributed by atoms with van der Waals surface area (Å²) in [6.45, 7) is 4.78. The molecule has 2 saturated carbocycles. The van der Waals surface area contributed by atoms with Crippen molar-refractivity contribution >= 4 is 33.7 Å². The normalized spacial score (nSPS) is 24.7. The van der Waals surface area contributed by atoms with Crippen LogP contribution < -0.4 is 0 Å². The highest BCUT2D eigenvalue weighted by atomic mass is 32.2. The van der Waals surface area contributed by atoms with Gasteiger partial charge in [0.25, 0.3) is 0 Å². The largest absolute Gasteiger partial charge is 0.462 e. The average Bonchev–Trinajstić information content (AvgIpc) is 3.59. The zero-order valence-electron chi connectivity index (χ0n) is 23.8. The maximum atomic E-state index is 13.8. The van der Waals surface area contributed by atoms with Crippen LogP contribution in [0.4, 0.5) is 0 Å². The van der Waals surface area contributed by atoms with E-state index in [-0.39, 0.29) is 42.2 Å². The van der Waals surface area contributed by atoms with Crippen LogP contribution in [0.2, 0.25) is 0 Å². The monoisotopic (exact) mass is 587 g/mol. The number of hydrogen-bond donors (Lipinski definition) is 0. The van der Waals surface area contributed by atoms with E-state index in [1.165, 1.54) is 49.4 Å². The third-order valence-electron chi connectivity index (χ3n) is 8.07. The van der Waals surface area contributed by atoms with Crippen LogP contribution in [0, 0.1) is 30.6 Å². The van der Waals surface area contributed by atoms with Crippen LogP contribution in [0.5, 0.6) is 0 Å². The average molecular weight is 588 g/mol. The van der Waals surface area contributed by atoms with Gasteiger partial charge in [0.1, 0.15) is 6.61 Å². The molecule has 0 heterocycles. The van der Waals surface area contributed by atoms with E-state index in [2.05, 4.69) is 0 Å². The molecule has 3 aliphatic rings. The number of hydrogen-bond acceptors (Lipinski definition) is 9. The number of esters is 3. The highest BCUT2D eigenvalue weighted by Gasteiger charge is 2.53. The Labute approximate surface area is 240 Å². The highest BCUT2D eigenvalue weighted by molar-refractivity contribution is 7.89. The van der Waals surface area contributed by atoms with Crippen molar-refractivity contribution in [3.05, 3.63) is 53.6 Å². The number of fused-ring (bicyclic) bond motifs is 5. The molecule has 0 spiro atoms. The third-order valence-corrected chi connectivity index (χ3v) is 9.90. The fraction of sp³-hybridized carbons (Fsp3) is 0.533. The van der Waals surface area contributed by atoms with E-state index in [1.807, 2.05) is 13.0 Å². The molecule has 2 bridgehead atoms. The minimum Gasteiger partial charge on any atom is -0.462 e. The summed E-state index contributed by atoms with van der Waals surface area (Å²) in [5.74, 6) is -0.965. The summed E-state index contributed by atoms with van der Waals surface area (Å²) in [7, 11) is -4.02. The molecule has 2 fully saturated rings. The van der Waals surface area contributed by atoms with Gasteiger partial charge in [-0.2, -0.15) is 4.31 Å². The van der Waals surface area contributed by atoms with E-state index in [1.54, 1.807) is 12.1 Å². The number of sulfonamides is 1. The fourth-order valence-electron chi connectivity index (χ4n) is 6.27. The lowest BCUT2D eigenvalue weighted by Crippen LogP contribution is -2.38. The van der Waals surface area contributed by atoms with E-state index in [0.717, 1.165) is 24.8 Å². The number of benzene rings is 1. The Morgan fingerprint density at radius 2 is 1.66 bits per heavy atom. The van der Waals surface area contributed by atoms with Gasteiger partial charge in [-0.3, -0.25) is 19.2 Å². The van der Waals surface area contributed by atoms with Crippen molar-refractivity contribution < 1.29 is 41.8 Å². The van der Waals surface area contributed by atoms with Gasteiger partial charge < -0.3 is 14.2 Å². The van der Waals surface area contributed by atoms with Gasteiger partial charge in [-0.15, -0.1) is 0 Å². The fourth-order valence-corrected chi connectivity index (χ4v) is 7.64. The van der Waals surface area contributed by atoms with Gasteiger partial charge in [-0.25, -0.2) is 8.42 Å². The quantitative estimate of drug-likeness (QED) is 0.205. The Balaban J connectivity index is 1.60. The molecule has 0 N–H and O–H groups in total. The minimum absolute atomic E-state index is 0.0318. The van der Waals surface area contributed by atoms with E-state index < -0.39 is 40.1 Å². The number of ketones is 1. The smallest absolute Gasteiger partial charge is 0.303 e. The number of ether oxygens (including phenoxy) is 3. The molecule has 11 heteroatoms. The highest BCUT2D eigenvalue weighted by Crippen LogP contribution is 2.56. The van der Waals surface area contributed by atoms with Crippen LogP contribution in [-0.4, -0.2) is 68.3 Å². The maximum absolute atomic E-state index is 13.8. The molecule has 4 rings (SSSR count). The first-order valence-electron chi connectivity index (χ1n) is 13.8. The lowest BCUT2D eigenvalue weighted by molar-refractivity contribution is -0.169. The van der Waals surface area contributed by atoms with Crippen LogP contribution >= 0.6 is 0 Å². The van der Waals surface area contributed by atoms with Gasteiger partial charge in [0.2, 0.25) is 10.0 Å². The molecule has 0 amide bonds. The Morgan fingerprint density at radius 3 is 2.27 bits per heavy atom. The molecular formula is C30H37NO9S. The topological polar surface area (TPSA) is 133 Å². The summed E-state index contributed by atoms with van der Waals surface area (Å²) in [5.41, 5.74) is 1.41. The van der Waals surface area contributed by atoms with Crippen molar-refractivity contribution in [1.82, 2.24) is 4.31 Å². The van der Waals surface area contributed by atoms with Gasteiger partial charge in [-0.1, -0.05) is 29.8 Å². The van der Waals surface area contributed by atoms with Crippen LogP contribution in [-0.2, 0) is 43.4 Å². The van der Waals surface area contributed by atoms with Gasteiger partial charge in [0, 0.05) is 45.4 Å². The van der Waals surface area contributed by atoms with Crippen LogP contribution in [0.1, 0.15) is 45.6 Å². The van der Waals surface area contributed by atoms with Crippen LogP contribution in [0.3, 0.4) is 0 Å². The van der Waals surface area contributed by atoms with E-state index in [4.69, 9.17) is 14.2 Å². The molecule has 6 atom stereocenters. The molecular weight excluding hydrogens is 550 g/mol. The molecule has 3 aliphatic carbocycles. The van der Waals surface area contributed by atoms with Gasteiger partial charge >= 0.3 is 17.9 Å². The minimum atomic E-state index is -4.02. The predicted molar refractivity (Wildman–Crippen MR) is 148 cm³/mol. The number of allylic oxidation sites excluding steroid dienone is 1. The van der Waals surface area contributed by atoms with E-state index >= 15 is 0 Å². The summed E-state index contributed by atoms with van der Waals surface area (Å²) in [6, 6.07) is 6.47. The van der Waals surface area contributed by atoms with Crippen molar-refractivity contribution in [2.75, 3.05) is 19.7 Å². The predicted octanol–water partition coefficient (Wildman–Crippen LogP) is 3.14. The first-order valence-corrected chi connectivity index (χ1v) is 15.3. The van der Waals surface area contributed by atoms with Crippen molar-refractivity contribution in [2.24, 2.45) is 23.7 Å². The number of aryl methyl sites for hydroxylation is 1. The number of Topliss-reactive ketones (excluding diaryl/α,β-unsaturated/α-hetero) is 1. The van der Waals surface area contributed by atoms with Gasteiger partial charge in [0.05, 0.1) is 4.90 Å². The summed E-state index contributed by atoms with van der Waals surface area (Å²) < 4.78 is 44.3. The molecule has 0 unspecified atom stereocenters. The molecule has 0 saturated heterocycles. The van der Waals surface area contributed by atoms with Crippen molar-refractivity contribution in [3.8, 4) is 0 Å². The molecule has 1 aromatic carbocycles. The summed E-state index contributed by atoms with van der Waals surface area (Å²) in [5, 5.41) is 0. The maximum Gasteiger partial charge on any atom is 0.303 e. The lowest BCUT2D eigenvalue weighted by Gasteiger charge is -2.25. The second-order valence-electron chi connectivity index (χ2n) is 11.1. The first kappa shape index (κ1) is 30.6. The number of carbonyl (C=O) groups excluding carboxylic acids is 4. The second kappa shape index (κ2) is 12.7. The lowest BCUT2D eigenvalue weighted by atomic mass is 9.81. The summed E-state index contributed by atoms with van der Waals surface area (Å²) in [4.78, 5) is 48.3. The standard InChI is InChI=1S/C30H37NO9S/c1-18-7-11-25(12-8-18)41(36,37)31(16-24-15-26-22-9-10-23(14-22)29(26)30(24)35)13-5-6-27(39-20(3)33)28(40-21(4)34)17-38-19(2)32/h5-8,11-12,15,22-23,26-29H,9-10,13-14,16-17H2,1-4H3/b6-5+/t22-,23+,26+,27+,28+,29-/m0/s1. The molecule has 222 valence electrons. The van der Waals surface area contributed by atoms with Crippen molar-refractivity contribution in [1.29, 1.82) is 0 Å². The zero-order chi connectivity index (χ0) is 29.9. The Kier molecular flexibility index (Phi) is 9.48. The molecule has 0 aromatic heterocycles. The Hall–Kier alpha value is -3.31. The number of carbonyl (C=O) groups is 4. The number of nitrogens with zero attached hydrogens (tertiary/aromatic N) is 1. The molecule has 41 heavy (non-hydrogen) atoms. The summed E-state index contributed by atoms with van der Waals surface area (Å²) >= 11 is 0. The van der Waals surface area contributed by atoms with E-state index in [9.17, 15) is 27.6 Å². The second-order valence-corrected chi connectivity index (χ2v) is 13.0. The number of rotatable bonds is 12. The Morgan fingerprint density at radius 1 is 1.00 bits per heavy atom. The summed E-state index contributed by atoms with van der Waals surface area (Å²) in [6.07, 6.45) is 5.77. The van der Waals surface area contributed by atoms with Crippen LogP contribution in [0.25, 0.3) is 0 Å². The SMILES string of the molecule is CC(=O)OC[C@@H](OC(C)=O)[C@@H](/C=C/CN(CC1=C[C@@H]2[C@H]3CC[C@H](C3)[C@@H]2C1=O)S(=O)(=O)c1ccc(C)cc1)OC(C)=O. The molecule has 0 radical (unpaired) electrons. The first-order chi connectivity index (χ1) is 19.4. The molecule has 0 aliphatic heterocycles. The van der Waals surface area contributed by atoms with Gasteiger partial charge in [0.15, 0.2) is 18.0 Å². The van der Waals surface area contributed by atoms with Crippen molar-refractivity contribution in [2.45, 2.75) is 64.1 Å². The zero-order valence-corrected chi connectivity index (χ0v) is 24.6. The molecule has 10 nitrogen and oxygen atoms in total.